The molecule has 0 unspecified atom stereocenters. The Hall–Kier alpha value is -1.80. The first-order valence-electron chi connectivity index (χ1n) is 8.76. The van der Waals surface area contributed by atoms with Crippen molar-refractivity contribution < 1.29 is 0 Å². The number of hydrogen-bond acceptors (Lipinski definition) is 2. The monoisotopic (exact) mass is 292 g/mol. The van der Waals surface area contributed by atoms with Gasteiger partial charge >= 0.3 is 0 Å². The van der Waals surface area contributed by atoms with Crippen molar-refractivity contribution in [3.63, 3.8) is 0 Å². The topological polar surface area (TPSA) is 47.6 Å². The summed E-state index contributed by atoms with van der Waals surface area (Å²) in [5.41, 5.74) is 3.51. The van der Waals surface area contributed by atoms with E-state index in [1.807, 2.05) is 0 Å². The Morgan fingerprint density at radius 2 is 1.09 bits per heavy atom. The molecule has 22 heavy (non-hydrogen) atoms. The zero-order valence-electron chi connectivity index (χ0n) is 13.3. The molecule has 0 amide bonds. The summed E-state index contributed by atoms with van der Waals surface area (Å²) in [7, 11) is 0. The van der Waals surface area contributed by atoms with Crippen molar-refractivity contribution in [2.75, 3.05) is 0 Å². The minimum atomic E-state index is 0.657. The average Bonchev–Trinajstić information content (AvgIpc) is 3.21. The molecule has 0 heterocycles. The van der Waals surface area contributed by atoms with Crippen LogP contribution in [0.4, 0.5) is 0 Å². The normalized spacial score (nSPS) is 19.2. The number of hydrogen-bond donors (Lipinski definition) is 0. The van der Waals surface area contributed by atoms with Crippen molar-refractivity contribution in [3.8, 4) is 12.1 Å². The molecule has 2 heteroatoms. The van der Waals surface area contributed by atoms with Gasteiger partial charge in [-0.05, 0) is 35.8 Å². The predicted octanol–water partition coefficient (Wildman–Crippen LogP) is 4.90. The smallest absolute Gasteiger partial charge is 0.101 e. The molecule has 0 atom stereocenters. The lowest BCUT2D eigenvalue weighted by atomic mass is 9.87. The van der Waals surface area contributed by atoms with E-state index in [0.717, 1.165) is 24.0 Å². The highest BCUT2D eigenvalue weighted by Gasteiger charge is 2.22. The van der Waals surface area contributed by atoms with Gasteiger partial charge in [-0.1, -0.05) is 63.5 Å². The number of rotatable bonds is 4. The lowest BCUT2D eigenvalue weighted by Crippen LogP contribution is -2.07. The highest BCUT2D eigenvalue weighted by Crippen LogP contribution is 2.33. The van der Waals surface area contributed by atoms with Crippen LogP contribution in [0.25, 0.3) is 0 Å². The molecule has 1 aromatic carbocycles. The van der Waals surface area contributed by atoms with Gasteiger partial charge in [-0.15, -0.1) is 0 Å². The van der Waals surface area contributed by atoms with Crippen molar-refractivity contribution in [1.29, 1.82) is 10.5 Å². The summed E-state index contributed by atoms with van der Waals surface area (Å²) >= 11 is 0. The molecule has 0 N–H and O–H groups in total. The van der Waals surface area contributed by atoms with Crippen LogP contribution in [0.3, 0.4) is 0 Å². The lowest BCUT2D eigenvalue weighted by molar-refractivity contribution is 0.541. The highest BCUT2D eigenvalue weighted by molar-refractivity contribution is 5.55. The van der Waals surface area contributed by atoms with Gasteiger partial charge in [0, 0.05) is 0 Å². The first kappa shape index (κ1) is 15.1. The minimum Gasteiger partial charge on any atom is -0.192 e. The van der Waals surface area contributed by atoms with Crippen LogP contribution in [0.15, 0.2) is 12.1 Å². The van der Waals surface area contributed by atoms with Crippen molar-refractivity contribution in [2.24, 2.45) is 11.8 Å². The fraction of sp³-hybridized carbons (Fsp3) is 0.600. The van der Waals surface area contributed by atoms with Gasteiger partial charge in [0.2, 0.25) is 0 Å². The first-order valence-corrected chi connectivity index (χ1v) is 8.76. The molecular formula is C20H24N2. The van der Waals surface area contributed by atoms with Gasteiger partial charge in [-0.25, -0.2) is 0 Å². The maximum absolute atomic E-state index is 9.59. The second kappa shape index (κ2) is 6.97. The third-order valence-electron chi connectivity index (χ3n) is 5.57. The lowest BCUT2D eigenvalue weighted by Gasteiger charge is -2.15. The molecule has 2 nitrogen and oxygen atoms in total. The fourth-order valence-corrected chi connectivity index (χ4v) is 4.34. The Balaban J connectivity index is 1.86. The Morgan fingerprint density at radius 3 is 1.41 bits per heavy atom. The second-order valence-electron chi connectivity index (χ2n) is 7.07. The molecule has 2 aliphatic carbocycles. The number of nitrogens with zero attached hydrogens (tertiary/aromatic N) is 2. The van der Waals surface area contributed by atoms with Gasteiger partial charge in [0.05, 0.1) is 11.1 Å². The molecule has 0 aliphatic heterocycles. The molecule has 0 saturated heterocycles. The average molecular weight is 292 g/mol. The van der Waals surface area contributed by atoms with Crippen LogP contribution in [0, 0.1) is 34.5 Å². The molecule has 3 rings (SSSR count). The summed E-state index contributed by atoms with van der Waals surface area (Å²) < 4.78 is 0. The third-order valence-corrected chi connectivity index (χ3v) is 5.57. The first-order chi connectivity index (χ1) is 10.8. The van der Waals surface area contributed by atoms with E-state index < -0.39 is 0 Å². The highest BCUT2D eigenvalue weighted by atomic mass is 14.3. The molecular weight excluding hydrogens is 268 g/mol. The van der Waals surface area contributed by atoms with Crippen LogP contribution in [0.2, 0.25) is 0 Å². The molecule has 0 radical (unpaired) electrons. The van der Waals surface area contributed by atoms with Gasteiger partial charge in [-0.2, -0.15) is 10.5 Å². The van der Waals surface area contributed by atoms with Gasteiger partial charge in [0.15, 0.2) is 0 Å². The largest absolute Gasteiger partial charge is 0.192 e. The molecule has 1 aromatic rings. The maximum atomic E-state index is 9.59. The summed E-state index contributed by atoms with van der Waals surface area (Å²) in [4.78, 5) is 0. The third kappa shape index (κ3) is 3.17. The van der Waals surface area contributed by atoms with Crippen molar-refractivity contribution in [2.45, 2.75) is 64.2 Å². The van der Waals surface area contributed by atoms with Gasteiger partial charge in [0.25, 0.3) is 0 Å². The van der Waals surface area contributed by atoms with Crippen LogP contribution in [0.1, 0.15) is 73.6 Å². The second-order valence-corrected chi connectivity index (χ2v) is 7.07. The Morgan fingerprint density at radius 1 is 0.727 bits per heavy atom. The van der Waals surface area contributed by atoms with Gasteiger partial charge < -0.3 is 0 Å². The fourth-order valence-electron chi connectivity index (χ4n) is 4.34. The zero-order valence-corrected chi connectivity index (χ0v) is 13.3. The Bertz CT molecular complexity index is 551. The van der Waals surface area contributed by atoms with E-state index in [-0.39, 0.29) is 0 Å². The molecule has 2 fully saturated rings. The van der Waals surface area contributed by atoms with Crippen LogP contribution in [0.5, 0.6) is 0 Å². The molecule has 0 spiro atoms. The van der Waals surface area contributed by atoms with E-state index in [2.05, 4.69) is 24.3 Å². The molecule has 2 saturated carbocycles. The van der Waals surface area contributed by atoms with Crippen molar-refractivity contribution >= 4 is 0 Å². The van der Waals surface area contributed by atoms with Crippen LogP contribution >= 0.6 is 0 Å². The van der Waals surface area contributed by atoms with Crippen molar-refractivity contribution in [3.05, 3.63) is 34.4 Å². The van der Waals surface area contributed by atoms with Crippen LogP contribution < -0.4 is 0 Å². The van der Waals surface area contributed by atoms with Crippen LogP contribution in [-0.4, -0.2) is 0 Å². The number of benzene rings is 1. The minimum absolute atomic E-state index is 0.657. The maximum Gasteiger partial charge on any atom is 0.101 e. The Kier molecular flexibility index (Phi) is 4.79. The summed E-state index contributed by atoms with van der Waals surface area (Å²) in [6.45, 7) is 0. The molecule has 0 bridgehead atoms. The van der Waals surface area contributed by atoms with E-state index >= 15 is 0 Å². The molecule has 2 aliphatic rings. The van der Waals surface area contributed by atoms with E-state index in [9.17, 15) is 10.5 Å². The summed E-state index contributed by atoms with van der Waals surface area (Å²) in [5, 5.41) is 19.2. The zero-order chi connectivity index (χ0) is 15.4. The summed E-state index contributed by atoms with van der Waals surface area (Å²) in [6, 6.07) is 8.92. The standard InChI is InChI=1S/C20H24N2/c21-13-19-17(11-15-5-1-2-6-15)9-10-18(20(19)14-22)12-16-7-3-4-8-16/h9-10,15-16H,1-8,11-12H2. The molecule has 114 valence electrons. The Labute approximate surface area is 133 Å². The van der Waals surface area contributed by atoms with Gasteiger partial charge in [-0.3, -0.25) is 0 Å². The van der Waals surface area contributed by atoms with E-state index in [1.54, 1.807) is 0 Å². The quantitative estimate of drug-likeness (QED) is 0.792. The van der Waals surface area contributed by atoms with E-state index in [4.69, 9.17) is 0 Å². The molecule has 0 aromatic heterocycles. The summed E-state index contributed by atoms with van der Waals surface area (Å²) in [6.07, 6.45) is 12.3. The SMILES string of the molecule is N#Cc1c(CC2CCCC2)ccc(CC2CCCC2)c1C#N. The van der Waals surface area contributed by atoms with Crippen LogP contribution in [-0.2, 0) is 12.8 Å². The van der Waals surface area contributed by atoms with E-state index in [1.165, 1.54) is 51.4 Å². The predicted molar refractivity (Wildman–Crippen MR) is 87.2 cm³/mol. The van der Waals surface area contributed by atoms with Gasteiger partial charge in [0.1, 0.15) is 12.1 Å². The number of nitriles is 2. The van der Waals surface area contributed by atoms with Crippen molar-refractivity contribution in [1.82, 2.24) is 0 Å². The summed E-state index contributed by atoms with van der Waals surface area (Å²) in [5.74, 6) is 1.42. The van der Waals surface area contributed by atoms with E-state index in [0.29, 0.717) is 23.0 Å².